The van der Waals surface area contributed by atoms with Crippen LogP contribution in [0.4, 0.5) is 13.2 Å². The first kappa shape index (κ1) is 14.4. The van der Waals surface area contributed by atoms with Gasteiger partial charge in [0.15, 0.2) is 0 Å². The van der Waals surface area contributed by atoms with Crippen LogP contribution in [-0.2, 0) is 6.18 Å². The first-order valence-electron chi connectivity index (χ1n) is 5.58. The summed E-state index contributed by atoms with van der Waals surface area (Å²) in [7, 11) is 0. The quantitative estimate of drug-likeness (QED) is 0.816. The second-order valence-corrected chi connectivity index (χ2v) is 4.35. The van der Waals surface area contributed by atoms with Crippen LogP contribution < -0.4 is 4.74 Å². The summed E-state index contributed by atoms with van der Waals surface area (Å²) in [4.78, 5) is 0. The second kappa shape index (κ2) is 5.76. The van der Waals surface area contributed by atoms with Gasteiger partial charge in [0.2, 0.25) is 0 Å². The van der Waals surface area contributed by atoms with Crippen molar-refractivity contribution in [2.24, 2.45) is 5.92 Å². The molecule has 0 atom stereocenters. The first-order chi connectivity index (χ1) is 8.34. The van der Waals surface area contributed by atoms with Gasteiger partial charge in [-0.2, -0.15) is 18.4 Å². The molecule has 0 bridgehead atoms. The minimum Gasteiger partial charge on any atom is -0.494 e. The molecule has 0 aliphatic heterocycles. The van der Waals surface area contributed by atoms with Crippen LogP contribution in [0.15, 0.2) is 18.2 Å². The predicted molar refractivity (Wildman–Crippen MR) is 61.1 cm³/mol. The smallest absolute Gasteiger partial charge is 0.417 e. The van der Waals surface area contributed by atoms with Gasteiger partial charge in [-0.05, 0) is 30.5 Å². The van der Waals surface area contributed by atoms with E-state index in [-0.39, 0.29) is 0 Å². The van der Waals surface area contributed by atoms with E-state index in [0.717, 1.165) is 18.6 Å². The molecule has 0 saturated carbocycles. The van der Waals surface area contributed by atoms with Crippen LogP contribution in [0.1, 0.15) is 31.4 Å². The van der Waals surface area contributed by atoms with E-state index in [2.05, 4.69) is 0 Å². The van der Waals surface area contributed by atoms with E-state index >= 15 is 0 Å². The number of nitrogens with zero attached hydrogens (tertiary/aromatic N) is 1. The van der Waals surface area contributed by atoms with Crippen LogP contribution in [0.5, 0.6) is 5.75 Å². The molecule has 5 heteroatoms. The highest BCUT2D eigenvalue weighted by molar-refractivity contribution is 5.44. The molecule has 0 aromatic heterocycles. The minimum atomic E-state index is -4.51. The van der Waals surface area contributed by atoms with Gasteiger partial charge in [-0.25, -0.2) is 0 Å². The van der Waals surface area contributed by atoms with Crippen LogP contribution in [0, 0.1) is 17.2 Å². The molecule has 0 aliphatic carbocycles. The number of rotatable bonds is 4. The third-order valence-corrected chi connectivity index (χ3v) is 2.38. The van der Waals surface area contributed by atoms with Crippen molar-refractivity contribution in [3.05, 3.63) is 29.3 Å². The van der Waals surface area contributed by atoms with Gasteiger partial charge in [0, 0.05) is 0 Å². The maximum absolute atomic E-state index is 12.5. The summed E-state index contributed by atoms with van der Waals surface area (Å²) in [5, 5.41) is 8.71. The van der Waals surface area contributed by atoms with Gasteiger partial charge in [0.05, 0.1) is 23.8 Å². The highest BCUT2D eigenvalue weighted by Crippen LogP contribution is 2.33. The third kappa shape index (κ3) is 3.95. The number of nitriles is 1. The molecule has 0 amide bonds. The van der Waals surface area contributed by atoms with Gasteiger partial charge in [0.25, 0.3) is 0 Å². The molecule has 1 aromatic rings. The Balaban J connectivity index is 2.84. The van der Waals surface area contributed by atoms with Crippen molar-refractivity contribution >= 4 is 0 Å². The van der Waals surface area contributed by atoms with E-state index in [4.69, 9.17) is 10.00 Å². The summed E-state index contributed by atoms with van der Waals surface area (Å²) < 4.78 is 42.9. The Labute approximate surface area is 104 Å². The fourth-order valence-electron chi connectivity index (χ4n) is 1.37. The molecule has 98 valence electrons. The van der Waals surface area contributed by atoms with Crippen molar-refractivity contribution in [1.29, 1.82) is 5.26 Å². The molecule has 0 spiro atoms. The van der Waals surface area contributed by atoms with Crippen molar-refractivity contribution in [3.63, 3.8) is 0 Å². The van der Waals surface area contributed by atoms with E-state index in [0.29, 0.717) is 18.3 Å². The summed E-state index contributed by atoms with van der Waals surface area (Å²) >= 11 is 0. The van der Waals surface area contributed by atoms with E-state index in [1.54, 1.807) is 6.07 Å². The molecule has 0 fully saturated rings. The average Bonchev–Trinajstić information content (AvgIpc) is 2.26. The lowest BCUT2D eigenvalue weighted by atomic mass is 10.1. The first-order valence-corrected chi connectivity index (χ1v) is 5.58. The van der Waals surface area contributed by atoms with Crippen LogP contribution in [0.3, 0.4) is 0 Å². The highest BCUT2D eigenvalue weighted by atomic mass is 19.4. The second-order valence-electron chi connectivity index (χ2n) is 4.35. The molecule has 2 nitrogen and oxygen atoms in total. The molecular formula is C13H14F3NO. The number of alkyl halides is 3. The van der Waals surface area contributed by atoms with Gasteiger partial charge < -0.3 is 4.74 Å². The molecule has 0 saturated heterocycles. The van der Waals surface area contributed by atoms with Crippen molar-refractivity contribution in [3.8, 4) is 11.8 Å². The van der Waals surface area contributed by atoms with Gasteiger partial charge in [-0.3, -0.25) is 0 Å². The van der Waals surface area contributed by atoms with Crippen molar-refractivity contribution in [1.82, 2.24) is 0 Å². The number of hydrogen-bond donors (Lipinski definition) is 0. The highest BCUT2D eigenvalue weighted by Gasteiger charge is 2.33. The summed E-state index contributed by atoms with van der Waals surface area (Å²) in [5.74, 6) is 0.745. The van der Waals surface area contributed by atoms with Crippen molar-refractivity contribution in [2.45, 2.75) is 26.4 Å². The molecule has 0 radical (unpaired) electrons. The summed E-state index contributed by atoms with van der Waals surface area (Å²) in [6.45, 7) is 4.47. The molecule has 0 N–H and O–H groups in total. The minimum absolute atomic E-state index is 0.292. The molecule has 0 unspecified atom stereocenters. The van der Waals surface area contributed by atoms with E-state index in [1.165, 1.54) is 6.07 Å². The lowest BCUT2D eigenvalue weighted by Gasteiger charge is -2.11. The Kier molecular flexibility index (Phi) is 4.60. The average molecular weight is 257 g/mol. The Morgan fingerprint density at radius 1 is 1.33 bits per heavy atom. The number of benzene rings is 1. The van der Waals surface area contributed by atoms with Crippen LogP contribution >= 0.6 is 0 Å². The lowest BCUT2D eigenvalue weighted by Crippen LogP contribution is -2.08. The Morgan fingerprint density at radius 2 is 2.00 bits per heavy atom. The lowest BCUT2D eigenvalue weighted by molar-refractivity contribution is -0.137. The van der Waals surface area contributed by atoms with E-state index in [1.807, 2.05) is 13.8 Å². The molecule has 0 aliphatic rings. The SMILES string of the molecule is CC(C)CCOc1ccc(C(F)(F)F)c(C#N)c1. The summed E-state index contributed by atoms with van der Waals surface area (Å²) in [5.41, 5.74) is -1.34. The molecule has 18 heavy (non-hydrogen) atoms. The normalized spacial score (nSPS) is 11.4. The summed E-state index contributed by atoms with van der Waals surface area (Å²) in [6, 6.07) is 4.79. The van der Waals surface area contributed by atoms with E-state index < -0.39 is 17.3 Å². The fourth-order valence-corrected chi connectivity index (χ4v) is 1.37. The fraction of sp³-hybridized carbons (Fsp3) is 0.462. The van der Waals surface area contributed by atoms with E-state index in [9.17, 15) is 13.2 Å². The standard InChI is InChI=1S/C13H14F3NO/c1-9(2)5-6-18-11-3-4-12(13(14,15)16)10(7-11)8-17/h3-4,7,9H,5-6H2,1-2H3. The largest absolute Gasteiger partial charge is 0.494 e. The Hall–Kier alpha value is -1.70. The van der Waals surface area contributed by atoms with Gasteiger partial charge >= 0.3 is 6.18 Å². The zero-order valence-corrected chi connectivity index (χ0v) is 10.2. The molecule has 1 aromatic carbocycles. The molecule has 0 heterocycles. The zero-order chi connectivity index (χ0) is 13.8. The Morgan fingerprint density at radius 3 is 2.50 bits per heavy atom. The van der Waals surface area contributed by atoms with Crippen molar-refractivity contribution in [2.75, 3.05) is 6.61 Å². The number of halogens is 3. The zero-order valence-electron chi connectivity index (χ0n) is 10.2. The van der Waals surface area contributed by atoms with Crippen LogP contribution in [-0.4, -0.2) is 6.61 Å². The third-order valence-electron chi connectivity index (χ3n) is 2.38. The van der Waals surface area contributed by atoms with Gasteiger partial charge in [0.1, 0.15) is 5.75 Å². The molecular weight excluding hydrogens is 243 g/mol. The summed E-state index contributed by atoms with van der Waals surface area (Å²) in [6.07, 6.45) is -3.70. The maximum Gasteiger partial charge on any atom is 0.417 e. The monoisotopic (exact) mass is 257 g/mol. The number of hydrogen-bond acceptors (Lipinski definition) is 2. The Bertz CT molecular complexity index is 447. The molecule has 1 rings (SSSR count). The van der Waals surface area contributed by atoms with Gasteiger partial charge in [-0.15, -0.1) is 0 Å². The topological polar surface area (TPSA) is 33.0 Å². The van der Waals surface area contributed by atoms with Crippen LogP contribution in [0.25, 0.3) is 0 Å². The predicted octanol–water partition coefficient (Wildman–Crippen LogP) is 4.00. The maximum atomic E-state index is 12.5. The van der Waals surface area contributed by atoms with Crippen LogP contribution in [0.2, 0.25) is 0 Å². The van der Waals surface area contributed by atoms with Gasteiger partial charge in [-0.1, -0.05) is 13.8 Å². The number of ether oxygens (including phenoxy) is 1. The van der Waals surface area contributed by atoms with Crippen molar-refractivity contribution < 1.29 is 17.9 Å².